The number of halogens is 2. The fraction of sp³-hybridized carbons (Fsp3) is 0.500. The maximum atomic E-state index is 14.6. The van der Waals surface area contributed by atoms with Gasteiger partial charge in [0.25, 0.3) is 12.3 Å². The minimum absolute atomic E-state index is 0.0475. The third-order valence-electron chi connectivity index (χ3n) is 7.45. The predicted octanol–water partition coefficient (Wildman–Crippen LogP) is 4.79. The molecule has 254 valence electrons. The van der Waals surface area contributed by atoms with Crippen molar-refractivity contribution >= 4 is 23.6 Å². The summed E-state index contributed by atoms with van der Waals surface area (Å²) in [7, 11) is 0. The van der Waals surface area contributed by atoms with Gasteiger partial charge in [-0.3, -0.25) is 24.1 Å². The van der Waals surface area contributed by atoms with Crippen molar-refractivity contribution in [1.29, 1.82) is 0 Å². The largest absolute Gasteiger partial charge is 0.457 e. The molecular formula is C36H44F2N2O7. The molecule has 1 fully saturated rings. The Morgan fingerprint density at radius 2 is 1.34 bits per heavy atom. The van der Waals surface area contributed by atoms with Crippen LogP contribution in [-0.4, -0.2) is 79.5 Å². The Balaban J connectivity index is 1.77. The van der Waals surface area contributed by atoms with E-state index in [0.717, 1.165) is 45.3 Å². The van der Waals surface area contributed by atoms with Crippen molar-refractivity contribution < 1.29 is 42.2 Å². The average Bonchev–Trinajstić information content (AvgIpc) is 3.01. The van der Waals surface area contributed by atoms with Crippen molar-refractivity contribution in [2.45, 2.75) is 73.1 Å². The fourth-order valence-corrected chi connectivity index (χ4v) is 4.34. The molecule has 2 aromatic carbocycles. The zero-order valence-electron chi connectivity index (χ0n) is 28.1. The first-order valence-corrected chi connectivity index (χ1v) is 15.4. The number of rotatable bonds is 10. The number of benzene rings is 2. The standard InChI is InChI=1S/C36H44F2N2O7/c1-34(2,3)32(43)46-23-28(41)29(36(7,31(37)38)47-33(44)35(4,5)6)39-30(42)27-16-14-25(15-17-27)9-8-24-10-12-26(13-11-24)22-40-18-20-45-21-19-40/h10-17,29,31H,18-23H2,1-7H3,(H,39,42)/t29-,36+/m1/s1. The second kappa shape index (κ2) is 15.6. The van der Waals surface area contributed by atoms with E-state index in [9.17, 15) is 28.0 Å². The van der Waals surface area contributed by atoms with Crippen molar-refractivity contribution in [3.05, 3.63) is 70.8 Å². The quantitative estimate of drug-likeness (QED) is 0.288. The minimum Gasteiger partial charge on any atom is -0.457 e. The van der Waals surface area contributed by atoms with Crippen LogP contribution in [-0.2, 0) is 35.1 Å². The van der Waals surface area contributed by atoms with E-state index in [0.29, 0.717) is 5.56 Å². The summed E-state index contributed by atoms with van der Waals surface area (Å²) in [5.74, 6) is 2.42. The molecule has 1 aliphatic heterocycles. The molecule has 0 aromatic heterocycles. The zero-order chi connectivity index (χ0) is 35.0. The molecule has 2 atom stereocenters. The molecule has 9 nitrogen and oxygen atoms in total. The topological polar surface area (TPSA) is 111 Å². The van der Waals surface area contributed by atoms with Crippen LogP contribution < -0.4 is 5.32 Å². The number of hydrogen-bond acceptors (Lipinski definition) is 8. The lowest BCUT2D eigenvalue weighted by molar-refractivity contribution is -0.191. The lowest BCUT2D eigenvalue weighted by Crippen LogP contribution is -2.62. The maximum Gasteiger partial charge on any atom is 0.312 e. The Hall–Kier alpha value is -4.14. The second-order valence-corrected chi connectivity index (χ2v) is 13.7. The second-order valence-electron chi connectivity index (χ2n) is 13.7. The van der Waals surface area contributed by atoms with Gasteiger partial charge in [-0.1, -0.05) is 24.0 Å². The van der Waals surface area contributed by atoms with Gasteiger partial charge in [0.05, 0.1) is 24.0 Å². The number of alkyl halides is 2. The summed E-state index contributed by atoms with van der Waals surface area (Å²) in [4.78, 5) is 53.8. The Kier molecular flexibility index (Phi) is 12.4. The van der Waals surface area contributed by atoms with E-state index in [-0.39, 0.29) is 5.56 Å². The number of carbonyl (C=O) groups excluding carboxylic acids is 4. The van der Waals surface area contributed by atoms with Crippen LogP contribution >= 0.6 is 0 Å². The molecule has 0 spiro atoms. The molecule has 3 rings (SSSR count). The number of amides is 1. The normalized spacial score (nSPS) is 15.9. The molecule has 11 heteroatoms. The van der Waals surface area contributed by atoms with Gasteiger partial charge < -0.3 is 19.5 Å². The van der Waals surface area contributed by atoms with Crippen molar-refractivity contribution in [1.82, 2.24) is 10.2 Å². The van der Waals surface area contributed by atoms with E-state index in [2.05, 4.69) is 22.1 Å². The summed E-state index contributed by atoms with van der Waals surface area (Å²) < 4.78 is 44.8. The van der Waals surface area contributed by atoms with Gasteiger partial charge in [-0.2, -0.15) is 0 Å². The summed E-state index contributed by atoms with van der Waals surface area (Å²) in [6.45, 7) is 13.1. The van der Waals surface area contributed by atoms with Crippen molar-refractivity contribution in [2.24, 2.45) is 10.8 Å². The first-order chi connectivity index (χ1) is 21.9. The van der Waals surface area contributed by atoms with Gasteiger partial charge in [-0.05, 0) is 90.4 Å². The average molecular weight is 655 g/mol. The SMILES string of the molecule is CC(C)(C)C(=O)OCC(=O)[C@@H](NC(=O)c1ccc(C#Cc2ccc(CN3CCOCC3)cc2)cc1)[C@](C)(OC(=O)C(C)(C)C)C(F)F. The number of ketones is 1. The smallest absolute Gasteiger partial charge is 0.312 e. The zero-order valence-corrected chi connectivity index (χ0v) is 28.1. The molecule has 1 N–H and O–H groups in total. The molecule has 0 unspecified atom stereocenters. The molecular weight excluding hydrogens is 610 g/mol. The van der Waals surface area contributed by atoms with Crippen LogP contribution in [0.1, 0.15) is 75.5 Å². The van der Waals surface area contributed by atoms with Gasteiger partial charge in [-0.25, -0.2) is 8.78 Å². The number of ether oxygens (including phenoxy) is 3. The molecule has 1 heterocycles. The van der Waals surface area contributed by atoms with Crippen LogP contribution in [0.5, 0.6) is 0 Å². The number of nitrogens with one attached hydrogen (secondary N) is 1. The predicted molar refractivity (Wildman–Crippen MR) is 172 cm³/mol. The van der Waals surface area contributed by atoms with Crippen molar-refractivity contribution in [3.63, 3.8) is 0 Å². The fourth-order valence-electron chi connectivity index (χ4n) is 4.34. The Morgan fingerprint density at radius 3 is 1.83 bits per heavy atom. The monoisotopic (exact) mass is 654 g/mol. The number of nitrogens with zero attached hydrogens (tertiary/aromatic N) is 1. The number of Topliss-reactive ketones (excluding diaryl/α,β-unsaturated/α-hetero) is 1. The van der Waals surface area contributed by atoms with Crippen LogP contribution in [0.3, 0.4) is 0 Å². The molecule has 0 saturated carbocycles. The third-order valence-corrected chi connectivity index (χ3v) is 7.45. The van der Waals surface area contributed by atoms with Gasteiger partial charge in [0.1, 0.15) is 6.04 Å². The summed E-state index contributed by atoms with van der Waals surface area (Å²) in [5.41, 5.74) is -2.30. The van der Waals surface area contributed by atoms with Crippen molar-refractivity contribution in [2.75, 3.05) is 32.9 Å². The van der Waals surface area contributed by atoms with Gasteiger partial charge >= 0.3 is 11.9 Å². The molecule has 1 aliphatic rings. The highest BCUT2D eigenvalue weighted by Crippen LogP contribution is 2.30. The summed E-state index contributed by atoms with van der Waals surface area (Å²) >= 11 is 0. The Morgan fingerprint density at radius 1 is 0.830 bits per heavy atom. The molecule has 0 bridgehead atoms. The molecule has 2 aromatic rings. The van der Waals surface area contributed by atoms with Gasteiger partial charge in [0, 0.05) is 36.3 Å². The third kappa shape index (κ3) is 10.7. The van der Waals surface area contributed by atoms with Crippen LogP contribution in [0.2, 0.25) is 0 Å². The maximum absolute atomic E-state index is 14.6. The molecule has 0 radical (unpaired) electrons. The number of morpholine rings is 1. The summed E-state index contributed by atoms with van der Waals surface area (Å²) in [6, 6.07) is 11.9. The Bertz CT molecular complexity index is 1480. The lowest BCUT2D eigenvalue weighted by atomic mass is 9.90. The molecule has 1 amide bonds. The van der Waals surface area contributed by atoms with Gasteiger partial charge in [-0.15, -0.1) is 0 Å². The molecule has 47 heavy (non-hydrogen) atoms. The first kappa shape index (κ1) is 37.3. The summed E-state index contributed by atoms with van der Waals surface area (Å²) in [5, 5.41) is 2.30. The Labute approximate surface area is 275 Å². The molecule has 0 aliphatic carbocycles. The highest BCUT2D eigenvalue weighted by Gasteiger charge is 2.52. The number of hydrogen-bond donors (Lipinski definition) is 1. The first-order valence-electron chi connectivity index (χ1n) is 15.4. The van der Waals surface area contributed by atoms with Gasteiger partial charge in [0.15, 0.2) is 18.0 Å². The van der Waals surface area contributed by atoms with E-state index in [4.69, 9.17) is 14.2 Å². The highest BCUT2D eigenvalue weighted by molar-refractivity contribution is 5.99. The van der Waals surface area contributed by atoms with E-state index >= 15 is 0 Å². The van der Waals surface area contributed by atoms with E-state index in [1.807, 2.05) is 24.3 Å². The van der Waals surface area contributed by atoms with Crippen LogP contribution in [0.25, 0.3) is 0 Å². The summed E-state index contributed by atoms with van der Waals surface area (Å²) in [6.07, 6.45) is -3.38. The van der Waals surface area contributed by atoms with Crippen LogP contribution in [0, 0.1) is 22.7 Å². The highest BCUT2D eigenvalue weighted by atomic mass is 19.3. The van der Waals surface area contributed by atoms with E-state index in [1.165, 1.54) is 38.5 Å². The van der Waals surface area contributed by atoms with Crippen LogP contribution in [0.15, 0.2) is 48.5 Å². The van der Waals surface area contributed by atoms with Crippen LogP contribution in [0.4, 0.5) is 8.78 Å². The van der Waals surface area contributed by atoms with Crippen molar-refractivity contribution in [3.8, 4) is 11.8 Å². The van der Waals surface area contributed by atoms with E-state index in [1.54, 1.807) is 32.9 Å². The molecule has 1 saturated heterocycles. The minimum atomic E-state index is -3.38. The van der Waals surface area contributed by atoms with E-state index < -0.39 is 59.1 Å². The number of carbonyl (C=O) groups is 4. The number of esters is 2. The lowest BCUT2D eigenvalue weighted by Gasteiger charge is -2.37. The van der Waals surface area contributed by atoms with Gasteiger partial charge in [0.2, 0.25) is 0 Å².